The fourth-order valence-electron chi connectivity index (χ4n) is 4.39. The third kappa shape index (κ3) is 4.55. The van der Waals surface area contributed by atoms with Crippen LogP contribution in [0.5, 0.6) is 5.75 Å². The van der Waals surface area contributed by atoms with Gasteiger partial charge in [-0.1, -0.05) is 54.6 Å². The van der Waals surface area contributed by atoms with Crippen LogP contribution in [-0.4, -0.2) is 35.2 Å². The molecule has 0 saturated carbocycles. The van der Waals surface area contributed by atoms with Crippen LogP contribution < -0.4 is 5.32 Å². The van der Waals surface area contributed by atoms with Gasteiger partial charge in [0, 0.05) is 31.6 Å². The van der Waals surface area contributed by atoms with Crippen LogP contribution >= 0.6 is 0 Å². The summed E-state index contributed by atoms with van der Waals surface area (Å²) in [4.78, 5) is 2.51. The molecule has 1 aliphatic heterocycles. The van der Waals surface area contributed by atoms with E-state index in [1.165, 1.54) is 17.7 Å². The van der Waals surface area contributed by atoms with Gasteiger partial charge in [0.05, 0.1) is 6.04 Å². The van der Waals surface area contributed by atoms with E-state index >= 15 is 0 Å². The molecule has 1 aliphatic rings. The van der Waals surface area contributed by atoms with Crippen molar-refractivity contribution in [2.45, 2.75) is 38.4 Å². The summed E-state index contributed by atoms with van der Waals surface area (Å²) in [5.74, 6) is 0.00287. The second-order valence-electron chi connectivity index (χ2n) is 8.36. The highest BCUT2D eigenvalue weighted by Gasteiger charge is 2.31. The number of nitrogens with one attached hydrogen (secondary N) is 1. The summed E-state index contributed by atoms with van der Waals surface area (Å²) < 4.78 is 13.5. The Morgan fingerprint density at radius 3 is 2.53 bits per heavy atom. The molecular weight excluding hydrogens is 375 g/mol. The fourth-order valence-corrected chi connectivity index (χ4v) is 4.39. The highest BCUT2D eigenvalue weighted by Crippen LogP contribution is 2.34. The van der Waals surface area contributed by atoms with Crippen molar-refractivity contribution in [2.75, 3.05) is 13.1 Å². The standard InChI is InChI=1S/C26H29FN2O/c1-18-17-29(19(2)16-28-18)26(21-8-4-3-5-9-21)23-12-11-22(25(30)15-23)13-20-7-6-10-24(27)14-20/h3-12,14-15,18-19,26,28,30H,13,16-17H2,1-2H3/t18-,19+,26-/m1/s1. The third-order valence-corrected chi connectivity index (χ3v) is 5.97. The highest BCUT2D eigenvalue weighted by molar-refractivity contribution is 5.43. The summed E-state index contributed by atoms with van der Waals surface area (Å²) in [6.07, 6.45) is 0.501. The molecule has 1 fully saturated rings. The van der Waals surface area contributed by atoms with Crippen molar-refractivity contribution in [3.8, 4) is 5.75 Å². The number of rotatable bonds is 5. The topological polar surface area (TPSA) is 35.5 Å². The lowest BCUT2D eigenvalue weighted by Gasteiger charge is -2.43. The van der Waals surface area contributed by atoms with Crippen LogP contribution in [0.1, 0.15) is 42.1 Å². The Morgan fingerprint density at radius 2 is 1.80 bits per heavy atom. The number of phenolic OH excluding ortho intramolecular Hbond substituents is 1. The van der Waals surface area contributed by atoms with Gasteiger partial charge in [0.15, 0.2) is 0 Å². The quantitative estimate of drug-likeness (QED) is 0.635. The molecule has 1 saturated heterocycles. The first-order chi connectivity index (χ1) is 14.5. The Balaban J connectivity index is 1.68. The van der Waals surface area contributed by atoms with Crippen LogP contribution in [-0.2, 0) is 6.42 Å². The summed E-state index contributed by atoms with van der Waals surface area (Å²) >= 11 is 0. The summed E-state index contributed by atoms with van der Waals surface area (Å²) in [7, 11) is 0. The van der Waals surface area contributed by atoms with Gasteiger partial charge in [-0.05, 0) is 54.3 Å². The lowest BCUT2D eigenvalue weighted by atomic mass is 9.92. The molecule has 3 nitrogen and oxygen atoms in total. The molecule has 4 heteroatoms. The fraction of sp³-hybridized carbons (Fsp3) is 0.308. The van der Waals surface area contributed by atoms with E-state index in [2.05, 4.69) is 54.4 Å². The van der Waals surface area contributed by atoms with Crippen molar-refractivity contribution >= 4 is 0 Å². The van der Waals surface area contributed by atoms with Crippen molar-refractivity contribution in [2.24, 2.45) is 0 Å². The van der Waals surface area contributed by atoms with E-state index in [-0.39, 0.29) is 17.6 Å². The van der Waals surface area contributed by atoms with Gasteiger partial charge in [0.2, 0.25) is 0 Å². The average molecular weight is 405 g/mol. The van der Waals surface area contributed by atoms with Crippen LogP contribution in [0.3, 0.4) is 0 Å². The molecule has 3 aromatic carbocycles. The van der Waals surface area contributed by atoms with Gasteiger partial charge in [-0.25, -0.2) is 4.39 Å². The van der Waals surface area contributed by atoms with E-state index in [0.29, 0.717) is 18.5 Å². The van der Waals surface area contributed by atoms with Crippen LogP contribution in [0.2, 0.25) is 0 Å². The Bertz CT molecular complexity index is 991. The summed E-state index contributed by atoms with van der Waals surface area (Å²) in [5, 5.41) is 14.4. The largest absolute Gasteiger partial charge is 0.508 e. The molecule has 0 bridgehead atoms. The Hall–Kier alpha value is -2.69. The molecule has 4 rings (SSSR count). The van der Waals surface area contributed by atoms with Crippen molar-refractivity contribution in [1.29, 1.82) is 0 Å². The monoisotopic (exact) mass is 404 g/mol. The third-order valence-electron chi connectivity index (χ3n) is 5.97. The molecule has 0 spiro atoms. The molecule has 0 radical (unpaired) electrons. The van der Waals surface area contributed by atoms with Gasteiger partial charge < -0.3 is 10.4 Å². The number of phenols is 1. The van der Waals surface area contributed by atoms with Crippen LogP contribution in [0, 0.1) is 5.82 Å². The molecule has 3 aromatic rings. The van der Waals surface area contributed by atoms with Crippen LogP contribution in [0.25, 0.3) is 0 Å². The molecule has 2 N–H and O–H groups in total. The number of piperazine rings is 1. The van der Waals surface area contributed by atoms with Gasteiger partial charge in [-0.3, -0.25) is 4.90 Å². The van der Waals surface area contributed by atoms with Crippen molar-refractivity contribution in [1.82, 2.24) is 10.2 Å². The van der Waals surface area contributed by atoms with Gasteiger partial charge in [-0.2, -0.15) is 0 Å². The molecule has 0 amide bonds. The minimum absolute atomic E-state index is 0.0693. The highest BCUT2D eigenvalue weighted by atomic mass is 19.1. The smallest absolute Gasteiger partial charge is 0.123 e. The van der Waals surface area contributed by atoms with Gasteiger partial charge in [-0.15, -0.1) is 0 Å². The van der Waals surface area contributed by atoms with E-state index in [9.17, 15) is 9.50 Å². The zero-order valence-electron chi connectivity index (χ0n) is 17.6. The second kappa shape index (κ2) is 8.99. The lowest BCUT2D eigenvalue weighted by molar-refractivity contribution is 0.113. The van der Waals surface area contributed by atoms with Crippen LogP contribution in [0.15, 0.2) is 72.8 Å². The second-order valence-corrected chi connectivity index (χ2v) is 8.36. The zero-order valence-corrected chi connectivity index (χ0v) is 17.6. The number of nitrogens with zero attached hydrogens (tertiary/aromatic N) is 1. The van der Waals surface area contributed by atoms with E-state index in [4.69, 9.17) is 0 Å². The van der Waals surface area contributed by atoms with Crippen molar-refractivity contribution < 1.29 is 9.50 Å². The maximum Gasteiger partial charge on any atom is 0.123 e. The summed E-state index contributed by atoms with van der Waals surface area (Å²) in [5.41, 5.74) is 3.94. The molecular formula is C26H29FN2O. The van der Waals surface area contributed by atoms with E-state index in [1.807, 2.05) is 24.3 Å². The zero-order chi connectivity index (χ0) is 21.1. The number of hydrogen-bond donors (Lipinski definition) is 2. The minimum Gasteiger partial charge on any atom is -0.508 e. The lowest BCUT2D eigenvalue weighted by Crippen LogP contribution is -2.55. The van der Waals surface area contributed by atoms with Gasteiger partial charge >= 0.3 is 0 Å². The van der Waals surface area contributed by atoms with Gasteiger partial charge in [0.1, 0.15) is 11.6 Å². The predicted octanol–water partition coefficient (Wildman–Crippen LogP) is 4.89. The first-order valence-corrected chi connectivity index (χ1v) is 10.6. The summed E-state index contributed by atoms with van der Waals surface area (Å²) in [6, 6.07) is 23.8. The Morgan fingerprint density at radius 1 is 1.00 bits per heavy atom. The van der Waals surface area contributed by atoms with Gasteiger partial charge in [0.25, 0.3) is 0 Å². The molecule has 1 heterocycles. The average Bonchev–Trinajstić information content (AvgIpc) is 2.73. The Labute approximate surface area is 178 Å². The maximum absolute atomic E-state index is 13.5. The SMILES string of the molecule is C[C@@H]1CN([C@H](c2ccccc2)c2ccc(Cc3cccc(F)c3)c(O)c2)[C@@H](C)CN1. The van der Waals surface area contributed by atoms with Crippen molar-refractivity contribution in [3.63, 3.8) is 0 Å². The summed E-state index contributed by atoms with van der Waals surface area (Å²) in [6.45, 7) is 6.33. The number of benzene rings is 3. The van der Waals surface area contributed by atoms with E-state index in [0.717, 1.165) is 29.8 Å². The first-order valence-electron chi connectivity index (χ1n) is 10.6. The van der Waals surface area contributed by atoms with E-state index in [1.54, 1.807) is 6.07 Å². The number of aromatic hydroxyl groups is 1. The molecule has 0 aliphatic carbocycles. The Kier molecular flexibility index (Phi) is 6.16. The molecule has 156 valence electrons. The molecule has 0 aromatic heterocycles. The number of halogens is 1. The minimum atomic E-state index is -0.255. The maximum atomic E-state index is 13.5. The van der Waals surface area contributed by atoms with E-state index < -0.39 is 0 Å². The predicted molar refractivity (Wildman–Crippen MR) is 119 cm³/mol. The normalized spacial score (nSPS) is 20.8. The molecule has 0 unspecified atom stereocenters. The first kappa shape index (κ1) is 20.6. The molecule has 3 atom stereocenters. The van der Waals surface area contributed by atoms with Crippen molar-refractivity contribution in [3.05, 3.63) is 101 Å². The van der Waals surface area contributed by atoms with Crippen LogP contribution in [0.4, 0.5) is 4.39 Å². The number of hydrogen-bond acceptors (Lipinski definition) is 3. The molecule has 30 heavy (non-hydrogen) atoms.